The van der Waals surface area contributed by atoms with Gasteiger partial charge in [0.1, 0.15) is 5.69 Å². The number of carbonyl (C=O) groups excluding carboxylic acids is 1. The molecule has 110 valence electrons. The molecule has 1 N–H and O–H groups in total. The Bertz CT molecular complexity index is 619. The van der Waals surface area contributed by atoms with Gasteiger partial charge >= 0.3 is 0 Å². The first-order valence-corrected chi connectivity index (χ1v) is 7.18. The van der Waals surface area contributed by atoms with Gasteiger partial charge in [0.2, 0.25) is 0 Å². The normalized spacial score (nSPS) is 15.7. The highest BCUT2D eigenvalue weighted by atomic mass is 16.3. The summed E-state index contributed by atoms with van der Waals surface area (Å²) in [4.78, 5) is 18.2. The van der Waals surface area contributed by atoms with E-state index in [0.717, 1.165) is 18.5 Å². The van der Waals surface area contributed by atoms with Gasteiger partial charge in [-0.15, -0.1) is 0 Å². The standard InChI is InChI=1S/C16H19N3O2/c1-18(10-15(20)12-7-8-12)16(21)14-9-17-11-19(14)13-5-3-2-4-6-13/h2-6,9,11-12,15,20H,7-8,10H2,1H3. The number of imidazole rings is 1. The zero-order chi connectivity index (χ0) is 14.8. The highest BCUT2D eigenvalue weighted by Gasteiger charge is 2.31. The summed E-state index contributed by atoms with van der Waals surface area (Å²) in [6.45, 7) is 0.365. The molecule has 1 aromatic carbocycles. The van der Waals surface area contributed by atoms with Crippen molar-refractivity contribution in [3.8, 4) is 5.69 Å². The van der Waals surface area contributed by atoms with E-state index < -0.39 is 6.10 Å². The van der Waals surface area contributed by atoms with Crippen LogP contribution in [0.3, 0.4) is 0 Å². The molecular weight excluding hydrogens is 266 g/mol. The largest absolute Gasteiger partial charge is 0.391 e. The van der Waals surface area contributed by atoms with Crippen LogP contribution in [0.4, 0.5) is 0 Å². The number of rotatable bonds is 5. The Morgan fingerprint density at radius 1 is 1.43 bits per heavy atom. The minimum absolute atomic E-state index is 0.129. The molecule has 1 atom stereocenters. The summed E-state index contributed by atoms with van der Waals surface area (Å²) in [5, 5.41) is 9.98. The van der Waals surface area contributed by atoms with E-state index >= 15 is 0 Å². The molecule has 0 radical (unpaired) electrons. The molecule has 1 aliphatic carbocycles. The predicted molar refractivity (Wildman–Crippen MR) is 79.3 cm³/mol. The van der Waals surface area contributed by atoms with Crippen molar-refractivity contribution in [3.05, 3.63) is 48.5 Å². The minimum atomic E-state index is -0.424. The quantitative estimate of drug-likeness (QED) is 0.910. The number of hydrogen-bond acceptors (Lipinski definition) is 3. The average molecular weight is 285 g/mol. The molecular formula is C16H19N3O2. The number of carbonyl (C=O) groups is 1. The van der Waals surface area contributed by atoms with Gasteiger partial charge in [0.05, 0.1) is 18.6 Å². The number of nitrogens with zero attached hydrogens (tertiary/aromatic N) is 3. The van der Waals surface area contributed by atoms with E-state index in [0.29, 0.717) is 18.2 Å². The Morgan fingerprint density at radius 3 is 2.81 bits per heavy atom. The molecule has 3 rings (SSSR count). The molecule has 1 heterocycles. The van der Waals surface area contributed by atoms with Crippen molar-refractivity contribution in [1.82, 2.24) is 14.5 Å². The Kier molecular flexibility index (Phi) is 3.75. The van der Waals surface area contributed by atoms with Crippen LogP contribution in [-0.4, -0.2) is 45.2 Å². The number of benzene rings is 1. The van der Waals surface area contributed by atoms with E-state index in [9.17, 15) is 9.90 Å². The lowest BCUT2D eigenvalue weighted by Gasteiger charge is -2.21. The van der Waals surface area contributed by atoms with Gasteiger partial charge in [-0.3, -0.25) is 9.36 Å². The highest BCUT2D eigenvalue weighted by Crippen LogP contribution is 2.32. The number of aliphatic hydroxyl groups excluding tert-OH is 1. The second kappa shape index (κ2) is 5.69. The molecule has 1 saturated carbocycles. The van der Waals surface area contributed by atoms with E-state index in [1.165, 1.54) is 0 Å². The van der Waals surface area contributed by atoms with Crippen molar-refractivity contribution in [2.75, 3.05) is 13.6 Å². The van der Waals surface area contributed by atoms with Gasteiger partial charge in [0.25, 0.3) is 5.91 Å². The lowest BCUT2D eigenvalue weighted by atomic mass is 10.2. The molecule has 21 heavy (non-hydrogen) atoms. The first-order chi connectivity index (χ1) is 10.2. The third-order valence-corrected chi connectivity index (χ3v) is 3.87. The molecule has 1 unspecified atom stereocenters. The third-order valence-electron chi connectivity index (χ3n) is 3.87. The third kappa shape index (κ3) is 2.97. The fourth-order valence-corrected chi connectivity index (χ4v) is 2.44. The number of hydrogen-bond donors (Lipinski definition) is 1. The maximum atomic E-state index is 12.5. The van der Waals surface area contributed by atoms with Gasteiger partial charge in [-0.05, 0) is 30.9 Å². The summed E-state index contributed by atoms with van der Waals surface area (Å²) in [5.41, 5.74) is 1.40. The molecule has 5 nitrogen and oxygen atoms in total. The van der Waals surface area contributed by atoms with E-state index in [2.05, 4.69) is 4.98 Å². The zero-order valence-corrected chi connectivity index (χ0v) is 12.0. The van der Waals surface area contributed by atoms with Crippen LogP contribution < -0.4 is 0 Å². The lowest BCUT2D eigenvalue weighted by Crippen LogP contribution is -2.36. The molecule has 1 fully saturated rings. The van der Waals surface area contributed by atoms with Crippen molar-refractivity contribution < 1.29 is 9.90 Å². The van der Waals surface area contributed by atoms with Gasteiger partial charge in [-0.2, -0.15) is 0 Å². The van der Waals surface area contributed by atoms with Gasteiger partial charge in [-0.25, -0.2) is 4.98 Å². The number of amides is 1. The topological polar surface area (TPSA) is 58.4 Å². The maximum Gasteiger partial charge on any atom is 0.272 e. The number of aliphatic hydroxyl groups is 1. The summed E-state index contributed by atoms with van der Waals surface area (Å²) in [7, 11) is 1.72. The first-order valence-electron chi connectivity index (χ1n) is 7.18. The van der Waals surface area contributed by atoms with Gasteiger partial charge in [0, 0.05) is 19.3 Å². The van der Waals surface area contributed by atoms with E-state index in [4.69, 9.17) is 0 Å². The van der Waals surface area contributed by atoms with E-state index in [1.54, 1.807) is 29.0 Å². The van der Waals surface area contributed by atoms with E-state index in [1.807, 2.05) is 30.3 Å². The van der Waals surface area contributed by atoms with E-state index in [-0.39, 0.29) is 5.91 Å². The average Bonchev–Trinajstić information content (AvgIpc) is 3.24. The molecule has 0 spiro atoms. The maximum absolute atomic E-state index is 12.5. The van der Waals surface area contributed by atoms with Crippen molar-refractivity contribution in [3.63, 3.8) is 0 Å². The number of likely N-dealkylation sites (N-methyl/N-ethyl adjacent to an activating group) is 1. The van der Waals surface area contributed by atoms with Crippen LogP contribution in [0, 0.1) is 5.92 Å². The molecule has 0 bridgehead atoms. The Labute approximate surface area is 123 Å². The zero-order valence-electron chi connectivity index (χ0n) is 12.0. The van der Waals surface area contributed by atoms with Gasteiger partial charge in [0.15, 0.2) is 0 Å². The smallest absolute Gasteiger partial charge is 0.272 e. The highest BCUT2D eigenvalue weighted by molar-refractivity contribution is 5.92. The minimum Gasteiger partial charge on any atom is -0.391 e. The summed E-state index contributed by atoms with van der Waals surface area (Å²) in [5.74, 6) is 0.232. The monoisotopic (exact) mass is 285 g/mol. The second-order valence-corrected chi connectivity index (χ2v) is 5.57. The number of aromatic nitrogens is 2. The molecule has 1 amide bonds. The van der Waals surface area contributed by atoms with Crippen molar-refractivity contribution in [1.29, 1.82) is 0 Å². The molecule has 5 heteroatoms. The van der Waals surface area contributed by atoms with Crippen LogP contribution in [0.25, 0.3) is 5.69 Å². The summed E-state index contributed by atoms with van der Waals surface area (Å²) in [6.07, 6.45) is 4.89. The fourth-order valence-electron chi connectivity index (χ4n) is 2.44. The molecule has 1 aromatic heterocycles. The Hall–Kier alpha value is -2.14. The first kappa shape index (κ1) is 13.8. The summed E-state index contributed by atoms with van der Waals surface area (Å²) < 4.78 is 1.77. The molecule has 0 saturated heterocycles. The van der Waals surface area contributed by atoms with Crippen LogP contribution in [-0.2, 0) is 0 Å². The number of para-hydroxylation sites is 1. The van der Waals surface area contributed by atoms with Crippen LogP contribution in [0.15, 0.2) is 42.9 Å². The van der Waals surface area contributed by atoms with Crippen LogP contribution in [0.2, 0.25) is 0 Å². The van der Waals surface area contributed by atoms with Crippen LogP contribution in [0.1, 0.15) is 23.3 Å². The van der Waals surface area contributed by atoms with Crippen LogP contribution >= 0.6 is 0 Å². The van der Waals surface area contributed by atoms with Gasteiger partial charge < -0.3 is 10.0 Å². The van der Waals surface area contributed by atoms with Gasteiger partial charge in [-0.1, -0.05) is 18.2 Å². The fraction of sp³-hybridized carbons (Fsp3) is 0.375. The SMILES string of the molecule is CN(CC(O)C1CC1)C(=O)c1cncn1-c1ccccc1. The van der Waals surface area contributed by atoms with Crippen molar-refractivity contribution in [2.24, 2.45) is 5.92 Å². The Morgan fingerprint density at radius 2 is 2.14 bits per heavy atom. The summed E-state index contributed by atoms with van der Waals surface area (Å²) >= 11 is 0. The second-order valence-electron chi connectivity index (χ2n) is 5.57. The Balaban J connectivity index is 1.77. The van der Waals surface area contributed by atoms with Crippen molar-refractivity contribution >= 4 is 5.91 Å². The summed E-state index contributed by atoms with van der Waals surface area (Å²) in [6, 6.07) is 9.63. The predicted octanol–water partition coefficient (Wildman–Crippen LogP) is 1.72. The lowest BCUT2D eigenvalue weighted by molar-refractivity contribution is 0.0638. The van der Waals surface area contributed by atoms with Crippen LogP contribution in [0.5, 0.6) is 0 Å². The van der Waals surface area contributed by atoms with Crippen molar-refractivity contribution in [2.45, 2.75) is 18.9 Å². The molecule has 0 aliphatic heterocycles. The molecule has 2 aromatic rings. The molecule has 1 aliphatic rings.